The number of aliphatic carboxylic acids is 1. The molecule has 1 aromatic carbocycles. The second-order valence-electron chi connectivity index (χ2n) is 7.84. The summed E-state index contributed by atoms with van der Waals surface area (Å²) in [7, 11) is 0. The summed E-state index contributed by atoms with van der Waals surface area (Å²) in [6.07, 6.45) is -1.06. The molecule has 0 aliphatic heterocycles. The molecule has 0 aromatic heterocycles. The lowest BCUT2D eigenvalue weighted by molar-refractivity contribution is -0.144. The van der Waals surface area contributed by atoms with Gasteiger partial charge in [0.15, 0.2) is 0 Å². The third kappa shape index (κ3) is 8.48. The smallest absolute Gasteiger partial charge is 0.326 e. The first-order valence-corrected chi connectivity index (χ1v) is 10.8. The molecule has 178 valence electrons. The third-order valence-electron chi connectivity index (χ3n) is 4.74. The normalized spacial score (nSPS) is 15.7. The van der Waals surface area contributed by atoms with E-state index in [1.807, 2.05) is 30.3 Å². The topological polar surface area (TPSA) is 171 Å². The van der Waals surface area contributed by atoms with Crippen molar-refractivity contribution >= 4 is 36.3 Å². The number of aliphatic hydroxyl groups is 1. The first-order valence-electron chi connectivity index (χ1n) is 10.2. The molecule has 0 heterocycles. The van der Waals surface area contributed by atoms with Crippen LogP contribution in [0.5, 0.6) is 0 Å². The van der Waals surface area contributed by atoms with Crippen molar-refractivity contribution in [3.05, 3.63) is 35.9 Å². The van der Waals surface area contributed by atoms with Crippen LogP contribution in [0, 0.1) is 5.92 Å². The van der Waals surface area contributed by atoms with Gasteiger partial charge in [-0.15, -0.1) is 0 Å². The average molecular weight is 469 g/mol. The van der Waals surface area contributed by atoms with Crippen LogP contribution in [0.2, 0.25) is 0 Å². The summed E-state index contributed by atoms with van der Waals surface area (Å²) >= 11 is 4.08. The Morgan fingerprint density at radius 1 is 0.938 bits per heavy atom. The number of benzene rings is 1. The summed E-state index contributed by atoms with van der Waals surface area (Å²) < 4.78 is 0. The Bertz CT molecular complexity index is 790. The molecular formula is C21H32N4O6S. The van der Waals surface area contributed by atoms with E-state index in [-0.39, 0.29) is 12.2 Å². The summed E-state index contributed by atoms with van der Waals surface area (Å²) in [5, 5.41) is 26.3. The molecule has 10 nitrogen and oxygen atoms in total. The van der Waals surface area contributed by atoms with Gasteiger partial charge in [-0.25, -0.2) is 4.79 Å². The Morgan fingerprint density at radius 2 is 1.50 bits per heavy atom. The Kier molecular flexibility index (Phi) is 11.2. The van der Waals surface area contributed by atoms with Crippen LogP contribution < -0.4 is 21.7 Å². The van der Waals surface area contributed by atoms with Gasteiger partial charge in [-0.2, -0.15) is 12.6 Å². The first-order chi connectivity index (χ1) is 15.0. The Labute approximate surface area is 192 Å². The molecule has 11 heteroatoms. The number of carboxylic acid groups (broad SMARTS) is 1. The molecule has 1 rings (SSSR count). The van der Waals surface area contributed by atoms with Crippen LogP contribution in [0.1, 0.15) is 26.3 Å². The summed E-state index contributed by atoms with van der Waals surface area (Å²) in [4.78, 5) is 48.9. The number of aliphatic hydroxyl groups excluding tert-OH is 1. The molecule has 5 atom stereocenters. The van der Waals surface area contributed by atoms with E-state index >= 15 is 0 Å². The number of carbonyl (C=O) groups excluding carboxylic acids is 3. The SMILES string of the molecule is CC(C)C(NC(=O)C(NC(=O)C(CS)NC(=O)C(N)Cc1ccccc1)C(C)O)C(=O)O. The lowest BCUT2D eigenvalue weighted by atomic mass is 10.0. The highest BCUT2D eigenvalue weighted by Crippen LogP contribution is 2.05. The minimum atomic E-state index is -1.43. The van der Waals surface area contributed by atoms with Crippen molar-refractivity contribution in [3.63, 3.8) is 0 Å². The second-order valence-corrected chi connectivity index (χ2v) is 8.20. The maximum absolute atomic E-state index is 12.6. The maximum Gasteiger partial charge on any atom is 0.326 e. The first kappa shape index (κ1) is 27.4. The Morgan fingerprint density at radius 3 is 1.97 bits per heavy atom. The fourth-order valence-corrected chi connectivity index (χ4v) is 3.11. The zero-order valence-corrected chi connectivity index (χ0v) is 19.2. The van der Waals surface area contributed by atoms with Crippen molar-refractivity contribution in [3.8, 4) is 0 Å². The number of hydrogen-bond donors (Lipinski definition) is 7. The molecule has 32 heavy (non-hydrogen) atoms. The van der Waals surface area contributed by atoms with Crippen LogP contribution in [-0.2, 0) is 25.6 Å². The number of nitrogens with two attached hydrogens (primary N) is 1. The summed E-state index contributed by atoms with van der Waals surface area (Å²) in [5.41, 5.74) is 6.79. The monoisotopic (exact) mass is 468 g/mol. The zero-order valence-electron chi connectivity index (χ0n) is 18.3. The minimum absolute atomic E-state index is 0.0898. The van der Waals surface area contributed by atoms with E-state index in [2.05, 4.69) is 28.6 Å². The number of hydrogen-bond acceptors (Lipinski definition) is 7. The van der Waals surface area contributed by atoms with Gasteiger partial charge in [0.05, 0.1) is 12.1 Å². The highest BCUT2D eigenvalue weighted by Gasteiger charge is 2.33. The molecule has 0 saturated carbocycles. The molecule has 5 unspecified atom stereocenters. The molecule has 0 aliphatic rings. The van der Waals surface area contributed by atoms with Crippen molar-refractivity contribution < 1.29 is 29.4 Å². The van der Waals surface area contributed by atoms with Gasteiger partial charge in [0.1, 0.15) is 18.1 Å². The van der Waals surface area contributed by atoms with Crippen molar-refractivity contribution in [2.24, 2.45) is 11.7 Å². The number of amides is 3. The van der Waals surface area contributed by atoms with Gasteiger partial charge in [0.25, 0.3) is 0 Å². The van der Waals surface area contributed by atoms with Crippen molar-refractivity contribution in [1.82, 2.24) is 16.0 Å². The molecule has 0 fully saturated rings. The molecule has 0 aliphatic carbocycles. The fraction of sp³-hybridized carbons (Fsp3) is 0.524. The van der Waals surface area contributed by atoms with Gasteiger partial charge in [-0.3, -0.25) is 14.4 Å². The zero-order chi connectivity index (χ0) is 24.4. The van der Waals surface area contributed by atoms with E-state index in [0.29, 0.717) is 0 Å². The van der Waals surface area contributed by atoms with Crippen molar-refractivity contribution in [2.45, 2.75) is 57.5 Å². The molecule has 0 radical (unpaired) electrons. The maximum atomic E-state index is 12.6. The molecule has 3 amide bonds. The molecule has 0 saturated heterocycles. The summed E-state index contributed by atoms with van der Waals surface area (Å²) in [6.45, 7) is 4.50. The Hall–Kier alpha value is -2.63. The highest BCUT2D eigenvalue weighted by atomic mass is 32.1. The van der Waals surface area contributed by atoms with Crippen LogP contribution in [0.15, 0.2) is 30.3 Å². The van der Waals surface area contributed by atoms with Gasteiger partial charge in [-0.05, 0) is 24.8 Å². The van der Waals surface area contributed by atoms with Crippen LogP contribution in [-0.4, -0.2) is 69.9 Å². The minimum Gasteiger partial charge on any atom is -0.480 e. The van der Waals surface area contributed by atoms with Crippen molar-refractivity contribution in [2.75, 3.05) is 5.75 Å². The lowest BCUT2D eigenvalue weighted by Crippen LogP contribution is -2.60. The van der Waals surface area contributed by atoms with Crippen LogP contribution >= 0.6 is 12.6 Å². The van der Waals surface area contributed by atoms with Gasteiger partial charge >= 0.3 is 5.97 Å². The van der Waals surface area contributed by atoms with Gasteiger partial charge in [0.2, 0.25) is 17.7 Å². The lowest BCUT2D eigenvalue weighted by Gasteiger charge is -2.26. The number of thiol groups is 1. The number of nitrogens with one attached hydrogen (secondary N) is 3. The molecule has 0 bridgehead atoms. The van der Waals surface area contributed by atoms with Crippen molar-refractivity contribution in [1.29, 1.82) is 0 Å². The molecule has 0 spiro atoms. The van der Waals surface area contributed by atoms with E-state index in [1.54, 1.807) is 13.8 Å². The van der Waals surface area contributed by atoms with E-state index in [4.69, 9.17) is 5.73 Å². The van der Waals surface area contributed by atoms with Crippen LogP contribution in [0.3, 0.4) is 0 Å². The van der Waals surface area contributed by atoms with Gasteiger partial charge in [0, 0.05) is 5.75 Å². The number of carbonyl (C=O) groups is 4. The average Bonchev–Trinajstić information content (AvgIpc) is 2.73. The van der Waals surface area contributed by atoms with Gasteiger partial charge < -0.3 is 31.9 Å². The number of carboxylic acids is 1. The standard InChI is InChI=1S/C21H32N4O6S/c1-11(2)16(21(30)31)24-20(29)17(12(3)26)25-19(28)15(10-32)23-18(27)14(22)9-13-7-5-4-6-8-13/h4-8,11-12,14-17,26,32H,9-10,22H2,1-3H3,(H,23,27)(H,24,29)(H,25,28)(H,30,31). The van der Waals surface area contributed by atoms with E-state index < -0.39 is 59.9 Å². The van der Waals surface area contributed by atoms with Crippen LogP contribution in [0.25, 0.3) is 0 Å². The second kappa shape index (κ2) is 13.0. The van der Waals surface area contributed by atoms with E-state index in [9.17, 15) is 29.4 Å². The summed E-state index contributed by atoms with van der Waals surface area (Å²) in [5.74, 6) is -3.95. The van der Waals surface area contributed by atoms with Crippen LogP contribution in [0.4, 0.5) is 0 Å². The molecular weight excluding hydrogens is 436 g/mol. The third-order valence-corrected chi connectivity index (χ3v) is 5.11. The largest absolute Gasteiger partial charge is 0.480 e. The van der Waals surface area contributed by atoms with E-state index in [1.165, 1.54) is 6.92 Å². The predicted molar refractivity (Wildman–Crippen MR) is 122 cm³/mol. The fourth-order valence-electron chi connectivity index (χ4n) is 2.85. The number of rotatable bonds is 12. The molecule has 7 N–H and O–H groups in total. The summed E-state index contributed by atoms with van der Waals surface area (Å²) in [6, 6.07) is 4.46. The Balaban J connectivity index is 2.79. The van der Waals surface area contributed by atoms with Gasteiger partial charge in [-0.1, -0.05) is 44.2 Å². The highest BCUT2D eigenvalue weighted by molar-refractivity contribution is 7.80. The van der Waals surface area contributed by atoms with E-state index in [0.717, 1.165) is 5.56 Å². The predicted octanol–water partition coefficient (Wildman–Crippen LogP) is -0.938. The quantitative estimate of drug-likeness (QED) is 0.194. The molecule has 1 aromatic rings.